The molecule has 0 saturated carbocycles. The molecule has 1 amide bonds. The third kappa shape index (κ3) is 3.21. The molecule has 128 valence electrons. The van der Waals surface area contributed by atoms with Crippen LogP contribution in [0.3, 0.4) is 0 Å². The van der Waals surface area contributed by atoms with Crippen LogP contribution in [0.25, 0.3) is 5.69 Å². The summed E-state index contributed by atoms with van der Waals surface area (Å²) in [4.78, 5) is 12.2. The van der Waals surface area contributed by atoms with Crippen molar-refractivity contribution in [3.63, 3.8) is 0 Å². The molecule has 6 nitrogen and oxygen atoms in total. The van der Waals surface area contributed by atoms with E-state index in [-0.39, 0.29) is 5.82 Å². The maximum atomic E-state index is 13.7. The number of carbonyl (C=O) groups excluding carboxylic acids is 1. The first-order valence-corrected chi connectivity index (χ1v) is 7.27. The molecule has 0 unspecified atom stereocenters. The quantitative estimate of drug-likeness (QED) is 0.736. The second-order valence-corrected chi connectivity index (χ2v) is 5.20. The van der Waals surface area contributed by atoms with Gasteiger partial charge < -0.3 is 5.32 Å². The first-order valence-electron chi connectivity index (χ1n) is 7.27. The normalized spacial score (nSPS) is 12.0. The molecule has 0 aliphatic rings. The highest BCUT2D eigenvalue weighted by Gasteiger charge is 2.24. The van der Waals surface area contributed by atoms with Crippen molar-refractivity contribution >= 4 is 5.91 Å². The van der Waals surface area contributed by atoms with Crippen molar-refractivity contribution in [2.45, 2.75) is 13.0 Å². The Balaban J connectivity index is 1.87. The molecule has 0 spiro atoms. The van der Waals surface area contributed by atoms with Gasteiger partial charge in [0.2, 0.25) is 0 Å². The maximum Gasteiger partial charge on any atom is 0.257 e. The first kappa shape index (κ1) is 16.6. The zero-order chi connectivity index (χ0) is 18.0. The number of hydrogen-bond donors (Lipinski definition) is 1. The van der Waals surface area contributed by atoms with Gasteiger partial charge in [0.1, 0.15) is 11.4 Å². The SMILES string of the molecule is C[C@H](NC(=O)c1c(F)ccc(F)c1F)c1nnnn1-c1ccccc1. The second-order valence-electron chi connectivity index (χ2n) is 5.20. The zero-order valence-corrected chi connectivity index (χ0v) is 12.9. The van der Waals surface area contributed by atoms with E-state index in [0.717, 1.165) is 0 Å². The van der Waals surface area contributed by atoms with Gasteiger partial charge in [0, 0.05) is 0 Å². The monoisotopic (exact) mass is 347 g/mol. The summed E-state index contributed by atoms with van der Waals surface area (Å²) in [5.74, 6) is -4.88. The Morgan fingerprint density at radius 3 is 2.48 bits per heavy atom. The minimum Gasteiger partial charge on any atom is -0.342 e. The number of hydrogen-bond acceptors (Lipinski definition) is 4. The molecule has 2 aromatic carbocycles. The Bertz CT molecular complexity index is 913. The first-order chi connectivity index (χ1) is 12.0. The van der Waals surface area contributed by atoms with Crippen LogP contribution in [-0.4, -0.2) is 26.1 Å². The number of nitrogens with one attached hydrogen (secondary N) is 1. The Hall–Kier alpha value is -3.23. The van der Waals surface area contributed by atoms with Gasteiger partial charge >= 0.3 is 0 Å². The predicted octanol–water partition coefficient (Wildman–Crippen LogP) is 2.57. The fraction of sp³-hybridized carbons (Fsp3) is 0.125. The van der Waals surface area contributed by atoms with E-state index in [1.54, 1.807) is 24.3 Å². The fourth-order valence-corrected chi connectivity index (χ4v) is 2.29. The Labute approximate surface area is 140 Å². The minimum absolute atomic E-state index is 0.247. The van der Waals surface area contributed by atoms with E-state index < -0.39 is 35.0 Å². The molecule has 0 fully saturated rings. The third-order valence-corrected chi connectivity index (χ3v) is 3.50. The highest BCUT2D eigenvalue weighted by atomic mass is 19.2. The second kappa shape index (κ2) is 6.71. The molecule has 1 atom stereocenters. The van der Waals surface area contributed by atoms with E-state index in [2.05, 4.69) is 20.8 Å². The van der Waals surface area contributed by atoms with Crippen LogP contribution in [0.15, 0.2) is 42.5 Å². The molecule has 1 heterocycles. The smallest absolute Gasteiger partial charge is 0.257 e. The van der Waals surface area contributed by atoms with Gasteiger partial charge in [0.15, 0.2) is 17.5 Å². The van der Waals surface area contributed by atoms with E-state index in [9.17, 15) is 18.0 Å². The molecule has 0 aliphatic carbocycles. The van der Waals surface area contributed by atoms with Crippen LogP contribution in [0.1, 0.15) is 29.1 Å². The summed E-state index contributed by atoms with van der Waals surface area (Å²) in [7, 11) is 0. The van der Waals surface area contributed by atoms with E-state index in [1.807, 2.05) is 6.07 Å². The minimum atomic E-state index is -1.55. The van der Waals surface area contributed by atoms with Crippen molar-refractivity contribution in [1.82, 2.24) is 25.5 Å². The molecule has 1 N–H and O–H groups in total. The number of rotatable bonds is 4. The van der Waals surface area contributed by atoms with Crippen LogP contribution in [0.4, 0.5) is 13.2 Å². The van der Waals surface area contributed by atoms with Crippen LogP contribution in [0.5, 0.6) is 0 Å². The van der Waals surface area contributed by atoms with Gasteiger partial charge in [-0.25, -0.2) is 13.2 Å². The number of amides is 1. The molecule has 1 aromatic heterocycles. The van der Waals surface area contributed by atoms with Crippen molar-refractivity contribution in [3.05, 3.63) is 71.3 Å². The standard InChI is InChI=1S/C16H12F3N5O/c1-9(15-21-22-23-24(15)10-5-3-2-4-6-10)20-16(25)13-11(17)7-8-12(18)14(13)19/h2-9H,1H3,(H,20,25)/t9-/m0/s1. The lowest BCUT2D eigenvalue weighted by Gasteiger charge is -2.14. The number of tetrazole rings is 1. The summed E-state index contributed by atoms with van der Waals surface area (Å²) < 4.78 is 42.1. The molecule has 0 aliphatic heterocycles. The topological polar surface area (TPSA) is 72.7 Å². The number of aromatic nitrogens is 4. The molecule has 0 radical (unpaired) electrons. The number of para-hydroxylation sites is 1. The number of nitrogens with zero attached hydrogens (tertiary/aromatic N) is 4. The van der Waals surface area contributed by atoms with Crippen molar-refractivity contribution < 1.29 is 18.0 Å². The Morgan fingerprint density at radius 2 is 1.76 bits per heavy atom. The van der Waals surface area contributed by atoms with Gasteiger partial charge in [-0.15, -0.1) is 5.10 Å². The molecule has 0 saturated heterocycles. The van der Waals surface area contributed by atoms with Gasteiger partial charge in [-0.2, -0.15) is 4.68 Å². The summed E-state index contributed by atoms with van der Waals surface area (Å²) >= 11 is 0. The highest BCUT2D eigenvalue weighted by molar-refractivity contribution is 5.95. The number of halogens is 3. The molecular weight excluding hydrogens is 335 g/mol. The Morgan fingerprint density at radius 1 is 1.08 bits per heavy atom. The summed E-state index contributed by atoms with van der Waals surface area (Å²) in [5, 5.41) is 13.6. The van der Waals surface area contributed by atoms with Crippen molar-refractivity contribution in [1.29, 1.82) is 0 Å². The fourth-order valence-electron chi connectivity index (χ4n) is 2.29. The van der Waals surface area contributed by atoms with Crippen molar-refractivity contribution in [3.8, 4) is 5.69 Å². The highest BCUT2D eigenvalue weighted by Crippen LogP contribution is 2.18. The van der Waals surface area contributed by atoms with Crippen LogP contribution in [-0.2, 0) is 0 Å². The van der Waals surface area contributed by atoms with E-state index in [0.29, 0.717) is 17.8 Å². The van der Waals surface area contributed by atoms with E-state index >= 15 is 0 Å². The summed E-state index contributed by atoms with van der Waals surface area (Å²) in [5.41, 5.74) is -0.350. The van der Waals surface area contributed by atoms with E-state index in [1.165, 1.54) is 11.6 Å². The lowest BCUT2D eigenvalue weighted by atomic mass is 10.1. The predicted molar refractivity (Wildman–Crippen MR) is 81.4 cm³/mol. The molecule has 25 heavy (non-hydrogen) atoms. The van der Waals surface area contributed by atoms with Crippen LogP contribution in [0.2, 0.25) is 0 Å². The van der Waals surface area contributed by atoms with Crippen molar-refractivity contribution in [2.75, 3.05) is 0 Å². The van der Waals surface area contributed by atoms with Crippen LogP contribution >= 0.6 is 0 Å². The average molecular weight is 347 g/mol. The lowest BCUT2D eigenvalue weighted by molar-refractivity contribution is 0.0928. The van der Waals surface area contributed by atoms with Crippen LogP contribution < -0.4 is 5.32 Å². The molecule has 9 heteroatoms. The van der Waals surface area contributed by atoms with Gasteiger partial charge in [-0.1, -0.05) is 18.2 Å². The summed E-state index contributed by atoms with van der Waals surface area (Å²) in [6.45, 7) is 1.54. The van der Waals surface area contributed by atoms with Crippen LogP contribution in [0, 0.1) is 17.5 Å². The Kier molecular flexibility index (Phi) is 4.46. The van der Waals surface area contributed by atoms with Crippen molar-refractivity contribution in [2.24, 2.45) is 0 Å². The largest absolute Gasteiger partial charge is 0.342 e. The molecule has 0 bridgehead atoms. The van der Waals surface area contributed by atoms with Gasteiger partial charge in [0.05, 0.1) is 11.7 Å². The lowest BCUT2D eigenvalue weighted by Crippen LogP contribution is -2.30. The average Bonchev–Trinajstić information content (AvgIpc) is 3.09. The number of benzene rings is 2. The summed E-state index contributed by atoms with van der Waals surface area (Å²) in [6.07, 6.45) is 0. The zero-order valence-electron chi connectivity index (χ0n) is 12.9. The molecular formula is C16H12F3N5O. The van der Waals surface area contributed by atoms with E-state index in [4.69, 9.17) is 0 Å². The maximum absolute atomic E-state index is 13.7. The molecule has 3 rings (SSSR count). The summed E-state index contributed by atoms with van der Waals surface area (Å²) in [6, 6.07) is 9.38. The third-order valence-electron chi connectivity index (χ3n) is 3.50. The van der Waals surface area contributed by atoms with Gasteiger partial charge in [0.25, 0.3) is 5.91 Å². The number of carbonyl (C=O) groups is 1. The van der Waals surface area contributed by atoms with Gasteiger partial charge in [-0.3, -0.25) is 4.79 Å². The van der Waals surface area contributed by atoms with Gasteiger partial charge in [-0.05, 0) is 41.6 Å². The molecule has 3 aromatic rings.